The van der Waals surface area contributed by atoms with E-state index in [2.05, 4.69) is 27.3 Å². The number of aryl methyl sites for hydroxylation is 2. The molecule has 3 rings (SSSR count). The summed E-state index contributed by atoms with van der Waals surface area (Å²) in [5, 5.41) is 7.71. The van der Waals surface area contributed by atoms with Crippen molar-refractivity contribution in [3.05, 3.63) is 23.7 Å². The molecule has 0 amide bonds. The van der Waals surface area contributed by atoms with Gasteiger partial charge in [-0.2, -0.15) is 5.10 Å². The number of hydrogen-bond acceptors (Lipinski definition) is 5. The van der Waals surface area contributed by atoms with Crippen LogP contribution in [0.25, 0.3) is 11.3 Å². The van der Waals surface area contributed by atoms with Gasteiger partial charge < -0.3 is 10.1 Å². The Morgan fingerprint density at radius 2 is 2.29 bits per heavy atom. The van der Waals surface area contributed by atoms with Crippen LogP contribution in [0.3, 0.4) is 0 Å². The van der Waals surface area contributed by atoms with Gasteiger partial charge in [0, 0.05) is 37.7 Å². The third-order valence-corrected chi connectivity index (χ3v) is 3.93. The van der Waals surface area contributed by atoms with Crippen molar-refractivity contribution in [3.8, 4) is 11.3 Å². The van der Waals surface area contributed by atoms with E-state index in [-0.39, 0.29) is 6.10 Å². The molecule has 1 aliphatic heterocycles. The lowest BCUT2D eigenvalue weighted by molar-refractivity contribution is 0.120. The highest BCUT2D eigenvalue weighted by Crippen LogP contribution is 2.25. The minimum Gasteiger partial charge on any atom is -0.376 e. The third kappa shape index (κ3) is 2.90. The Hall–Kier alpha value is -1.95. The smallest absolute Gasteiger partial charge is 0.223 e. The zero-order valence-electron chi connectivity index (χ0n) is 12.8. The van der Waals surface area contributed by atoms with Crippen LogP contribution in [0.5, 0.6) is 0 Å². The van der Waals surface area contributed by atoms with Gasteiger partial charge >= 0.3 is 0 Å². The van der Waals surface area contributed by atoms with E-state index in [1.165, 1.54) is 0 Å². The van der Waals surface area contributed by atoms with Gasteiger partial charge in [-0.15, -0.1) is 0 Å². The molecule has 2 aromatic rings. The molecule has 0 saturated carbocycles. The van der Waals surface area contributed by atoms with E-state index in [4.69, 9.17) is 4.74 Å². The maximum atomic E-state index is 5.60. The van der Waals surface area contributed by atoms with Crippen LogP contribution in [0.4, 0.5) is 5.95 Å². The van der Waals surface area contributed by atoms with Crippen LogP contribution >= 0.6 is 0 Å². The molecule has 6 nitrogen and oxygen atoms in total. The second kappa shape index (κ2) is 5.81. The summed E-state index contributed by atoms with van der Waals surface area (Å²) in [6, 6.07) is 1.92. The van der Waals surface area contributed by atoms with Gasteiger partial charge in [0.05, 0.1) is 17.5 Å². The molecule has 2 aromatic heterocycles. The number of rotatable bonds is 4. The van der Waals surface area contributed by atoms with Gasteiger partial charge in [-0.25, -0.2) is 9.97 Å². The Kier molecular flexibility index (Phi) is 3.88. The summed E-state index contributed by atoms with van der Waals surface area (Å²) in [4.78, 5) is 8.89. The predicted molar refractivity (Wildman–Crippen MR) is 81.2 cm³/mol. The van der Waals surface area contributed by atoms with Crippen molar-refractivity contribution < 1.29 is 4.74 Å². The molecule has 0 aliphatic carbocycles. The molecule has 1 atom stereocenters. The Labute approximate surface area is 124 Å². The second-order valence-electron chi connectivity index (χ2n) is 5.45. The monoisotopic (exact) mass is 287 g/mol. The normalized spacial score (nSPS) is 18.1. The summed E-state index contributed by atoms with van der Waals surface area (Å²) in [5.74, 6) is 0.644. The first kappa shape index (κ1) is 14.0. The molecular formula is C15H21N5O. The van der Waals surface area contributed by atoms with Crippen molar-refractivity contribution in [2.24, 2.45) is 7.05 Å². The van der Waals surface area contributed by atoms with Crippen LogP contribution in [-0.4, -0.2) is 39.0 Å². The highest BCUT2D eigenvalue weighted by atomic mass is 16.5. The standard InChI is InChI=1S/C15H21N5O/c1-10-14(11(2)20(3)19-10)13-6-7-16-15(18-13)17-9-12-5-4-8-21-12/h6-7,12H,4-5,8-9H2,1-3H3,(H,16,17,18)/t12-/m0/s1. The number of aromatic nitrogens is 4. The SMILES string of the molecule is Cc1nn(C)c(C)c1-c1ccnc(NC[C@@H]2CCCO2)n1. The topological polar surface area (TPSA) is 64.9 Å². The summed E-state index contributed by atoms with van der Waals surface area (Å²) in [6.45, 7) is 5.68. The molecule has 1 fully saturated rings. The zero-order valence-corrected chi connectivity index (χ0v) is 12.8. The van der Waals surface area contributed by atoms with E-state index in [0.29, 0.717) is 5.95 Å². The van der Waals surface area contributed by atoms with E-state index < -0.39 is 0 Å². The van der Waals surface area contributed by atoms with Crippen molar-refractivity contribution >= 4 is 5.95 Å². The van der Waals surface area contributed by atoms with Gasteiger partial charge in [0.2, 0.25) is 5.95 Å². The van der Waals surface area contributed by atoms with Crippen LogP contribution < -0.4 is 5.32 Å². The van der Waals surface area contributed by atoms with E-state index in [9.17, 15) is 0 Å². The van der Waals surface area contributed by atoms with E-state index >= 15 is 0 Å². The van der Waals surface area contributed by atoms with E-state index in [0.717, 1.165) is 48.6 Å². The largest absolute Gasteiger partial charge is 0.376 e. The number of nitrogens with zero attached hydrogens (tertiary/aromatic N) is 4. The quantitative estimate of drug-likeness (QED) is 0.932. The summed E-state index contributed by atoms with van der Waals surface area (Å²) in [7, 11) is 1.95. The average Bonchev–Trinajstić information content (AvgIpc) is 3.06. The molecule has 6 heteroatoms. The molecule has 3 heterocycles. The van der Waals surface area contributed by atoms with Crippen molar-refractivity contribution in [3.63, 3.8) is 0 Å². The van der Waals surface area contributed by atoms with Gasteiger partial charge in [0.15, 0.2) is 0 Å². The molecular weight excluding hydrogens is 266 g/mol. The van der Waals surface area contributed by atoms with Crippen LogP contribution in [-0.2, 0) is 11.8 Å². The highest BCUT2D eigenvalue weighted by Gasteiger charge is 2.16. The lowest BCUT2D eigenvalue weighted by Gasteiger charge is -2.11. The summed E-state index contributed by atoms with van der Waals surface area (Å²) >= 11 is 0. The van der Waals surface area contributed by atoms with Crippen LogP contribution in [0.1, 0.15) is 24.2 Å². The Morgan fingerprint density at radius 3 is 2.95 bits per heavy atom. The van der Waals surface area contributed by atoms with Gasteiger partial charge in [-0.1, -0.05) is 0 Å². The van der Waals surface area contributed by atoms with Crippen LogP contribution in [0.15, 0.2) is 12.3 Å². The van der Waals surface area contributed by atoms with Crippen molar-refractivity contribution in [2.45, 2.75) is 32.8 Å². The van der Waals surface area contributed by atoms with Crippen molar-refractivity contribution in [1.29, 1.82) is 0 Å². The minimum atomic E-state index is 0.277. The van der Waals surface area contributed by atoms with E-state index in [1.54, 1.807) is 6.20 Å². The first-order valence-electron chi connectivity index (χ1n) is 7.34. The highest BCUT2D eigenvalue weighted by molar-refractivity contribution is 5.65. The van der Waals surface area contributed by atoms with Gasteiger partial charge in [0.1, 0.15) is 0 Å². The maximum Gasteiger partial charge on any atom is 0.223 e. The molecule has 0 spiro atoms. The molecule has 1 saturated heterocycles. The molecule has 112 valence electrons. The first-order valence-corrected chi connectivity index (χ1v) is 7.34. The minimum absolute atomic E-state index is 0.277. The molecule has 1 aliphatic rings. The summed E-state index contributed by atoms with van der Waals surface area (Å²) in [6.07, 6.45) is 4.31. The number of nitrogens with one attached hydrogen (secondary N) is 1. The molecule has 0 unspecified atom stereocenters. The Balaban J connectivity index is 1.79. The lowest BCUT2D eigenvalue weighted by atomic mass is 10.1. The van der Waals surface area contributed by atoms with Crippen molar-refractivity contribution in [2.75, 3.05) is 18.5 Å². The summed E-state index contributed by atoms with van der Waals surface area (Å²) < 4.78 is 7.48. The lowest BCUT2D eigenvalue weighted by Crippen LogP contribution is -2.19. The molecule has 0 radical (unpaired) electrons. The molecule has 0 aromatic carbocycles. The number of ether oxygens (including phenoxy) is 1. The fraction of sp³-hybridized carbons (Fsp3) is 0.533. The van der Waals surface area contributed by atoms with Crippen molar-refractivity contribution in [1.82, 2.24) is 19.7 Å². The van der Waals surface area contributed by atoms with E-state index in [1.807, 2.05) is 24.7 Å². The first-order chi connectivity index (χ1) is 10.1. The third-order valence-electron chi connectivity index (χ3n) is 3.93. The van der Waals surface area contributed by atoms with Gasteiger partial charge in [-0.3, -0.25) is 4.68 Å². The molecule has 21 heavy (non-hydrogen) atoms. The zero-order chi connectivity index (χ0) is 14.8. The van der Waals surface area contributed by atoms with Crippen LogP contribution in [0.2, 0.25) is 0 Å². The fourth-order valence-corrected chi connectivity index (χ4v) is 2.74. The Bertz CT molecular complexity index is 631. The molecule has 0 bridgehead atoms. The summed E-state index contributed by atoms with van der Waals surface area (Å²) in [5.41, 5.74) is 4.08. The van der Waals surface area contributed by atoms with Gasteiger partial charge in [0.25, 0.3) is 0 Å². The maximum absolute atomic E-state index is 5.60. The van der Waals surface area contributed by atoms with Crippen LogP contribution in [0, 0.1) is 13.8 Å². The molecule has 1 N–H and O–H groups in total. The van der Waals surface area contributed by atoms with Gasteiger partial charge in [-0.05, 0) is 32.8 Å². The fourth-order valence-electron chi connectivity index (χ4n) is 2.74. The number of hydrogen-bond donors (Lipinski definition) is 1. The second-order valence-corrected chi connectivity index (χ2v) is 5.45. The Morgan fingerprint density at radius 1 is 1.43 bits per heavy atom. The number of anilines is 1. The average molecular weight is 287 g/mol. The predicted octanol–water partition coefficient (Wildman–Crippen LogP) is 2.08.